The number of hydrogen-bond donors (Lipinski definition) is 0. The van der Waals surface area contributed by atoms with Crippen molar-refractivity contribution < 1.29 is 0 Å². The molecule has 0 aliphatic carbocycles. The van der Waals surface area contributed by atoms with Crippen LogP contribution in [0.2, 0.25) is 0 Å². The van der Waals surface area contributed by atoms with Crippen molar-refractivity contribution in [3.8, 4) is 45.1 Å². The topological polar surface area (TPSA) is 35.6 Å². The summed E-state index contributed by atoms with van der Waals surface area (Å²) in [6.45, 7) is 13.7. The lowest BCUT2D eigenvalue weighted by molar-refractivity contribution is 0.591. The van der Waals surface area contributed by atoms with Crippen molar-refractivity contribution in [2.24, 2.45) is 0 Å². The van der Waals surface area contributed by atoms with E-state index in [1.165, 1.54) is 54.7 Å². The molecule has 4 aromatic heterocycles. The van der Waals surface area contributed by atoms with E-state index in [0.717, 1.165) is 45.1 Å². The number of para-hydroxylation sites is 4. The van der Waals surface area contributed by atoms with Crippen LogP contribution in [0.1, 0.15) is 52.7 Å². The van der Waals surface area contributed by atoms with Crippen molar-refractivity contribution in [3.05, 3.63) is 181 Å². The highest BCUT2D eigenvalue weighted by Crippen LogP contribution is 2.40. The number of nitrogens with zero attached hydrogens (tertiary/aromatic N) is 4. The van der Waals surface area contributed by atoms with E-state index in [4.69, 9.17) is 9.97 Å². The zero-order valence-electron chi connectivity index (χ0n) is 34.0. The molecule has 0 spiro atoms. The Morgan fingerprint density at radius 3 is 1.40 bits per heavy atom. The van der Waals surface area contributed by atoms with Gasteiger partial charge in [-0.1, -0.05) is 133 Å². The normalized spacial score (nSPS) is 12.3. The summed E-state index contributed by atoms with van der Waals surface area (Å²) in [6, 6.07) is 59.2. The summed E-state index contributed by atoms with van der Waals surface area (Å²) in [4.78, 5) is 10.4. The first kappa shape index (κ1) is 35.6. The SMILES string of the molecule is CC(C)(C)c1cc(-n2c3ccccc3c3ccccc32)ccc1-c1cc(-c2cccc(-c3cc(-n4c5ccccc5c5ccccc54)ccc3C(C)(C)C)n2)ccn1. The molecule has 0 aliphatic heterocycles. The third kappa shape index (κ3) is 5.90. The maximum atomic E-state index is 5.41. The van der Waals surface area contributed by atoms with E-state index in [1.54, 1.807) is 0 Å². The van der Waals surface area contributed by atoms with E-state index in [0.29, 0.717) is 0 Å². The van der Waals surface area contributed by atoms with Gasteiger partial charge in [0.2, 0.25) is 0 Å². The number of fused-ring (bicyclic) bond motifs is 6. The van der Waals surface area contributed by atoms with Crippen LogP contribution in [0.3, 0.4) is 0 Å². The molecule has 0 unspecified atom stereocenters. The molecule has 6 aromatic carbocycles. The van der Waals surface area contributed by atoms with Gasteiger partial charge in [-0.3, -0.25) is 4.98 Å². The average Bonchev–Trinajstić information content (AvgIpc) is 3.76. The Morgan fingerprint density at radius 1 is 0.379 bits per heavy atom. The molecule has 282 valence electrons. The quantitative estimate of drug-likeness (QED) is 0.176. The van der Waals surface area contributed by atoms with Gasteiger partial charge in [0.1, 0.15) is 0 Å². The van der Waals surface area contributed by atoms with Crippen molar-refractivity contribution in [1.82, 2.24) is 19.1 Å². The molecule has 0 aliphatic rings. The molecule has 0 amide bonds. The van der Waals surface area contributed by atoms with E-state index in [1.807, 2.05) is 6.20 Å². The van der Waals surface area contributed by atoms with Gasteiger partial charge in [0, 0.05) is 55.8 Å². The molecule has 58 heavy (non-hydrogen) atoms. The van der Waals surface area contributed by atoms with Crippen LogP contribution in [0.5, 0.6) is 0 Å². The largest absolute Gasteiger partial charge is 0.309 e. The van der Waals surface area contributed by atoms with E-state index in [9.17, 15) is 0 Å². The highest BCUT2D eigenvalue weighted by atomic mass is 15.0. The fourth-order valence-electron chi connectivity index (χ4n) is 8.94. The minimum atomic E-state index is -0.134. The standard InChI is InChI=1S/C54H46N4/c1-53(2,3)44-29-27-36(57-49-22-11-7-16-38(49)39-17-8-12-23-50(39)57)33-43(44)47-21-15-20-46(56-47)35-30-31-55-48(32-35)42-28-26-37(34-45(42)54(4,5)6)58-51-24-13-9-18-40(51)41-19-10-14-25-52(41)58/h7-34H,1-6H3. The monoisotopic (exact) mass is 750 g/mol. The zero-order valence-corrected chi connectivity index (χ0v) is 34.0. The van der Waals surface area contributed by atoms with Gasteiger partial charge >= 0.3 is 0 Å². The number of hydrogen-bond acceptors (Lipinski definition) is 2. The Kier molecular flexibility index (Phi) is 8.24. The summed E-state index contributed by atoms with van der Waals surface area (Å²) in [5, 5.41) is 5.03. The first-order chi connectivity index (χ1) is 28.0. The van der Waals surface area contributed by atoms with E-state index < -0.39 is 0 Å². The van der Waals surface area contributed by atoms with Gasteiger partial charge in [-0.2, -0.15) is 0 Å². The highest BCUT2D eigenvalue weighted by molar-refractivity contribution is 6.10. The highest BCUT2D eigenvalue weighted by Gasteiger charge is 2.24. The lowest BCUT2D eigenvalue weighted by atomic mass is 9.82. The van der Waals surface area contributed by atoms with E-state index >= 15 is 0 Å². The summed E-state index contributed by atoms with van der Waals surface area (Å²) < 4.78 is 4.78. The van der Waals surface area contributed by atoms with Crippen LogP contribution < -0.4 is 0 Å². The Bertz CT molecular complexity index is 3090. The van der Waals surface area contributed by atoms with Crippen LogP contribution in [-0.2, 0) is 10.8 Å². The molecule has 0 bridgehead atoms. The summed E-state index contributed by atoms with van der Waals surface area (Å²) in [7, 11) is 0. The molecule has 4 heterocycles. The second-order valence-electron chi connectivity index (χ2n) is 17.5. The lowest BCUT2D eigenvalue weighted by Crippen LogP contribution is -2.14. The molecule has 10 aromatic rings. The van der Waals surface area contributed by atoms with Crippen molar-refractivity contribution in [3.63, 3.8) is 0 Å². The molecule has 0 fully saturated rings. The van der Waals surface area contributed by atoms with Gasteiger partial charge in [0.05, 0.1) is 39.1 Å². The molecule has 4 nitrogen and oxygen atoms in total. The van der Waals surface area contributed by atoms with Crippen LogP contribution >= 0.6 is 0 Å². The Hall–Kier alpha value is -6.78. The maximum absolute atomic E-state index is 5.41. The second-order valence-corrected chi connectivity index (χ2v) is 17.5. The van der Waals surface area contributed by atoms with Crippen molar-refractivity contribution in [1.29, 1.82) is 0 Å². The molecule has 4 heteroatoms. The van der Waals surface area contributed by atoms with E-state index in [-0.39, 0.29) is 10.8 Å². The fraction of sp³-hybridized carbons (Fsp3) is 0.148. The molecule has 10 rings (SSSR count). The van der Waals surface area contributed by atoms with Crippen LogP contribution in [-0.4, -0.2) is 19.1 Å². The number of benzene rings is 6. The molecule has 0 atom stereocenters. The fourth-order valence-corrected chi connectivity index (χ4v) is 8.94. The smallest absolute Gasteiger partial charge is 0.0713 e. The van der Waals surface area contributed by atoms with Gasteiger partial charge in [0.25, 0.3) is 0 Å². The van der Waals surface area contributed by atoms with Gasteiger partial charge in [-0.25, -0.2) is 4.98 Å². The van der Waals surface area contributed by atoms with Crippen molar-refractivity contribution in [2.45, 2.75) is 52.4 Å². The Balaban J connectivity index is 1.08. The van der Waals surface area contributed by atoms with Crippen LogP contribution in [0.25, 0.3) is 88.8 Å². The van der Waals surface area contributed by atoms with Crippen LogP contribution in [0, 0.1) is 0 Å². The molecule has 0 saturated carbocycles. The third-order valence-electron chi connectivity index (χ3n) is 11.7. The van der Waals surface area contributed by atoms with Gasteiger partial charge in [-0.15, -0.1) is 0 Å². The average molecular weight is 751 g/mol. The zero-order chi connectivity index (χ0) is 39.8. The predicted octanol–water partition coefficient (Wildman–Crippen LogP) is 14.3. The minimum absolute atomic E-state index is 0.0923. The second kappa shape index (κ2) is 13.4. The van der Waals surface area contributed by atoms with Gasteiger partial charge < -0.3 is 9.13 Å². The van der Waals surface area contributed by atoms with Crippen molar-refractivity contribution >= 4 is 43.6 Å². The Labute approximate surface area is 340 Å². The molecule has 0 saturated heterocycles. The predicted molar refractivity (Wildman–Crippen MR) is 244 cm³/mol. The van der Waals surface area contributed by atoms with Crippen LogP contribution in [0.4, 0.5) is 0 Å². The van der Waals surface area contributed by atoms with E-state index in [2.05, 4.69) is 214 Å². The number of aromatic nitrogens is 4. The third-order valence-corrected chi connectivity index (χ3v) is 11.7. The molecular weight excluding hydrogens is 705 g/mol. The summed E-state index contributed by atoms with van der Waals surface area (Å²) in [5.74, 6) is 0. The summed E-state index contributed by atoms with van der Waals surface area (Å²) >= 11 is 0. The molecule has 0 N–H and O–H groups in total. The maximum Gasteiger partial charge on any atom is 0.0713 e. The first-order valence-corrected chi connectivity index (χ1v) is 20.2. The Morgan fingerprint density at radius 2 is 0.862 bits per heavy atom. The molecule has 0 radical (unpaired) electrons. The van der Waals surface area contributed by atoms with Gasteiger partial charge in [0.15, 0.2) is 0 Å². The summed E-state index contributed by atoms with van der Waals surface area (Å²) in [5.41, 5.74) is 15.5. The first-order valence-electron chi connectivity index (χ1n) is 20.2. The van der Waals surface area contributed by atoms with Gasteiger partial charge in [-0.05, 0) is 94.8 Å². The van der Waals surface area contributed by atoms with Crippen LogP contribution in [0.15, 0.2) is 170 Å². The number of rotatable bonds is 5. The minimum Gasteiger partial charge on any atom is -0.309 e. The molecular formula is C54H46N4. The lowest BCUT2D eigenvalue weighted by Gasteiger charge is -2.25. The number of pyridine rings is 2. The summed E-state index contributed by atoms with van der Waals surface area (Å²) in [6.07, 6.45) is 1.93. The van der Waals surface area contributed by atoms with Crippen molar-refractivity contribution in [2.75, 3.05) is 0 Å².